The number of aromatic carboxylic acids is 1. The minimum absolute atomic E-state index is 0.0647. The molecule has 86 valence electrons. The van der Waals surface area contributed by atoms with Crippen LogP contribution >= 0.6 is 0 Å². The molecule has 0 bridgehead atoms. The van der Waals surface area contributed by atoms with Gasteiger partial charge >= 0.3 is 5.97 Å². The molecule has 1 heterocycles. The summed E-state index contributed by atoms with van der Waals surface area (Å²) in [5.74, 6) is -1.32. The summed E-state index contributed by atoms with van der Waals surface area (Å²) in [6, 6.07) is 2.77. The summed E-state index contributed by atoms with van der Waals surface area (Å²) in [5.41, 5.74) is 0.311. The summed E-state index contributed by atoms with van der Waals surface area (Å²) < 4.78 is 0. The van der Waals surface area contributed by atoms with Crippen LogP contribution in [0.15, 0.2) is 18.3 Å². The number of carboxylic acids is 1. The molecule has 1 amide bonds. The van der Waals surface area contributed by atoms with E-state index in [0.29, 0.717) is 12.1 Å². The van der Waals surface area contributed by atoms with Crippen molar-refractivity contribution >= 4 is 11.9 Å². The lowest BCUT2D eigenvalue weighted by Crippen LogP contribution is -2.24. The minimum Gasteiger partial charge on any atom is -0.477 e. The topological polar surface area (TPSA) is 79.3 Å². The minimum atomic E-state index is -1.10. The van der Waals surface area contributed by atoms with Crippen LogP contribution in [0.1, 0.15) is 40.6 Å². The summed E-state index contributed by atoms with van der Waals surface area (Å²) in [6.07, 6.45) is 3.20. The average Bonchev–Trinajstić information content (AvgIpc) is 2.29. The van der Waals surface area contributed by atoms with Crippen LogP contribution in [0.3, 0.4) is 0 Å². The fourth-order valence-corrected chi connectivity index (χ4v) is 1.14. The monoisotopic (exact) mass is 222 g/mol. The van der Waals surface area contributed by atoms with Crippen LogP contribution in [-0.2, 0) is 0 Å². The second kappa shape index (κ2) is 5.85. The van der Waals surface area contributed by atoms with Crippen LogP contribution in [0, 0.1) is 0 Å². The molecule has 0 fully saturated rings. The molecule has 16 heavy (non-hydrogen) atoms. The number of carboxylic acid groups (broad SMARTS) is 1. The quantitative estimate of drug-likeness (QED) is 0.736. The Bertz CT molecular complexity index is 373. The number of rotatable bonds is 5. The van der Waals surface area contributed by atoms with Gasteiger partial charge in [0, 0.05) is 12.7 Å². The second-order valence-corrected chi connectivity index (χ2v) is 3.35. The molecular weight excluding hydrogens is 208 g/mol. The van der Waals surface area contributed by atoms with Gasteiger partial charge in [-0.05, 0) is 18.6 Å². The van der Waals surface area contributed by atoms with E-state index in [1.165, 1.54) is 18.3 Å². The van der Waals surface area contributed by atoms with Crippen molar-refractivity contribution in [1.29, 1.82) is 0 Å². The van der Waals surface area contributed by atoms with Gasteiger partial charge in [-0.1, -0.05) is 13.3 Å². The van der Waals surface area contributed by atoms with Crippen molar-refractivity contribution in [1.82, 2.24) is 10.3 Å². The van der Waals surface area contributed by atoms with Crippen LogP contribution in [0.5, 0.6) is 0 Å². The molecule has 5 nitrogen and oxygen atoms in total. The molecule has 0 aromatic carbocycles. The average molecular weight is 222 g/mol. The third-order valence-electron chi connectivity index (χ3n) is 2.06. The van der Waals surface area contributed by atoms with Gasteiger partial charge in [-0.2, -0.15) is 0 Å². The Hall–Kier alpha value is -1.91. The Morgan fingerprint density at radius 2 is 2.19 bits per heavy atom. The lowest BCUT2D eigenvalue weighted by molar-refractivity contribution is 0.0689. The zero-order valence-corrected chi connectivity index (χ0v) is 9.06. The van der Waals surface area contributed by atoms with E-state index in [4.69, 9.17) is 5.11 Å². The molecule has 0 aliphatic rings. The Kier molecular flexibility index (Phi) is 4.44. The molecule has 1 rings (SSSR count). The summed E-state index contributed by atoms with van der Waals surface area (Å²) in [4.78, 5) is 25.7. The molecular formula is C11H14N2O3. The molecule has 0 atom stereocenters. The van der Waals surface area contributed by atoms with Gasteiger partial charge in [0.05, 0.1) is 5.56 Å². The maximum atomic E-state index is 11.5. The molecule has 0 radical (unpaired) electrons. The highest BCUT2D eigenvalue weighted by Gasteiger charge is 2.08. The fourth-order valence-electron chi connectivity index (χ4n) is 1.14. The van der Waals surface area contributed by atoms with Crippen LogP contribution < -0.4 is 5.32 Å². The van der Waals surface area contributed by atoms with Crippen molar-refractivity contribution < 1.29 is 14.7 Å². The number of hydrogen-bond donors (Lipinski definition) is 2. The van der Waals surface area contributed by atoms with Crippen molar-refractivity contribution in [3.63, 3.8) is 0 Å². The van der Waals surface area contributed by atoms with Crippen molar-refractivity contribution in [2.24, 2.45) is 0 Å². The van der Waals surface area contributed by atoms with Crippen LogP contribution in [0.2, 0.25) is 0 Å². The van der Waals surface area contributed by atoms with Gasteiger partial charge in [0.2, 0.25) is 0 Å². The van der Waals surface area contributed by atoms with Crippen molar-refractivity contribution in [3.8, 4) is 0 Å². The van der Waals surface area contributed by atoms with E-state index in [-0.39, 0.29) is 11.6 Å². The maximum Gasteiger partial charge on any atom is 0.354 e. The fraction of sp³-hybridized carbons (Fsp3) is 0.364. The van der Waals surface area contributed by atoms with E-state index >= 15 is 0 Å². The maximum absolute atomic E-state index is 11.5. The van der Waals surface area contributed by atoms with E-state index < -0.39 is 5.97 Å². The van der Waals surface area contributed by atoms with Gasteiger partial charge in [-0.15, -0.1) is 0 Å². The first-order chi connectivity index (χ1) is 7.65. The number of pyridine rings is 1. The van der Waals surface area contributed by atoms with Gasteiger partial charge in [0.25, 0.3) is 5.91 Å². The third kappa shape index (κ3) is 3.34. The molecule has 0 aliphatic heterocycles. The van der Waals surface area contributed by atoms with E-state index in [0.717, 1.165) is 12.8 Å². The standard InChI is InChI=1S/C11H14N2O3/c1-2-3-6-12-10(14)8-4-5-9(11(15)16)13-7-8/h4-5,7H,2-3,6H2,1H3,(H,12,14)(H,15,16). The van der Waals surface area contributed by atoms with E-state index in [2.05, 4.69) is 10.3 Å². The summed E-state index contributed by atoms with van der Waals surface area (Å²) >= 11 is 0. The van der Waals surface area contributed by atoms with Gasteiger partial charge in [0.15, 0.2) is 0 Å². The van der Waals surface area contributed by atoms with Crippen molar-refractivity contribution in [2.75, 3.05) is 6.54 Å². The van der Waals surface area contributed by atoms with E-state index in [1.807, 2.05) is 6.92 Å². The first-order valence-corrected chi connectivity index (χ1v) is 5.12. The largest absolute Gasteiger partial charge is 0.477 e. The number of carbonyl (C=O) groups excluding carboxylic acids is 1. The molecule has 1 aromatic heterocycles. The van der Waals surface area contributed by atoms with E-state index in [1.54, 1.807) is 0 Å². The summed E-state index contributed by atoms with van der Waals surface area (Å²) in [6.45, 7) is 2.66. The van der Waals surface area contributed by atoms with Crippen LogP contribution in [-0.4, -0.2) is 28.5 Å². The molecule has 2 N–H and O–H groups in total. The molecule has 5 heteroatoms. The lowest BCUT2D eigenvalue weighted by Gasteiger charge is -2.03. The predicted molar refractivity (Wildman–Crippen MR) is 58.4 cm³/mol. The van der Waals surface area contributed by atoms with Crippen LogP contribution in [0.4, 0.5) is 0 Å². The summed E-state index contributed by atoms with van der Waals surface area (Å²) in [5, 5.41) is 11.3. The normalized spacial score (nSPS) is 9.81. The lowest BCUT2D eigenvalue weighted by atomic mass is 10.2. The smallest absolute Gasteiger partial charge is 0.354 e. The predicted octanol–water partition coefficient (Wildman–Crippen LogP) is 1.31. The molecule has 0 saturated heterocycles. The Balaban J connectivity index is 2.59. The number of nitrogens with one attached hydrogen (secondary N) is 1. The number of unbranched alkanes of at least 4 members (excludes halogenated alkanes) is 1. The van der Waals surface area contributed by atoms with Gasteiger partial charge in [0.1, 0.15) is 5.69 Å². The summed E-state index contributed by atoms with van der Waals surface area (Å²) in [7, 11) is 0. The van der Waals surface area contributed by atoms with Gasteiger partial charge in [-0.25, -0.2) is 9.78 Å². The van der Waals surface area contributed by atoms with Crippen molar-refractivity contribution in [2.45, 2.75) is 19.8 Å². The zero-order valence-electron chi connectivity index (χ0n) is 9.06. The van der Waals surface area contributed by atoms with Crippen molar-refractivity contribution in [3.05, 3.63) is 29.6 Å². The highest BCUT2D eigenvalue weighted by Crippen LogP contribution is 2.00. The second-order valence-electron chi connectivity index (χ2n) is 3.35. The first-order valence-electron chi connectivity index (χ1n) is 5.12. The third-order valence-corrected chi connectivity index (χ3v) is 2.06. The number of nitrogens with zero attached hydrogens (tertiary/aromatic N) is 1. The first kappa shape index (κ1) is 12.2. The van der Waals surface area contributed by atoms with Gasteiger partial charge < -0.3 is 10.4 Å². The molecule has 0 saturated carbocycles. The Morgan fingerprint density at radius 1 is 1.44 bits per heavy atom. The zero-order chi connectivity index (χ0) is 12.0. The van der Waals surface area contributed by atoms with Gasteiger partial charge in [-0.3, -0.25) is 4.79 Å². The number of amides is 1. The molecule has 0 unspecified atom stereocenters. The van der Waals surface area contributed by atoms with E-state index in [9.17, 15) is 9.59 Å². The SMILES string of the molecule is CCCCNC(=O)c1ccc(C(=O)O)nc1. The molecule has 1 aromatic rings. The Morgan fingerprint density at radius 3 is 2.69 bits per heavy atom. The molecule has 0 spiro atoms. The van der Waals surface area contributed by atoms with Crippen LogP contribution in [0.25, 0.3) is 0 Å². The number of hydrogen-bond acceptors (Lipinski definition) is 3. The molecule has 0 aliphatic carbocycles. The Labute approximate surface area is 93.5 Å². The highest BCUT2D eigenvalue weighted by atomic mass is 16.4. The highest BCUT2D eigenvalue weighted by molar-refractivity contribution is 5.94. The number of aromatic nitrogens is 1. The number of carbonyl (C=O) groups is 2.